The summed E-state index contributed by atoms with van der Waals surface area (Å²) in [5, 5.41) is 9.75. The van der Waals surface area contributed by atoms with Crippen LogP contribution in [0.25, 0.3) is 0 Å². The second-order valence-corrected chi connectivity index (χ2v) is 4.72. The monoisotopic (exact) mass is 239 g/mol. The number of aliphatic hydroxyl groups excluding tert-OH is 1. The Hall–Kier alpha value is -1.09. The standard InChI is InChI=1S/C14H22FNO/c1-6-16(9(2)3)14-7-10(4)13(15)8-12(14)11(5)17/h7-9,11,17H,6H2,1-5H3/t11-/m0/s1. The number of nitrogens with zero attached hydrogens (tertiary/aromatic N) is 1. The Morgan fingerprint density at radius 3 is 2.29 bits per heavy atom. The number of aryl methyl sites for hydroxylation is 1. The predicted octanol–water partition coefficient (Wildman–Crippen LogP) is 3.42. The van der Waals surface area contributed by atoms with Crippen LogP contribution in [0.5, 0.6) is 0 Å². The van der Waals surface area contributed by atoms with Crippen molar-refractivity contribution < 1.29 is 9.50 Å². The maximum atomic E-state index is 13.6. The summed E-state index contributed by atoms with van der Waals surface area (Å²) in [4.78, 5) is 2.16. The Bertz CT molecular complexity index is 388. The van der Waals surface area contributed by atoms with E-state index in [1.807, 2.05) is 6.07 Å². The van der Waals surface area contributed by atoms with E-state index in [9.17, 15) is 9.50 Å². The minimum atomic E-state index is -0.659. The smallest absolute Gasteiger partial charge is 0.126 e. The summed E-state index contributed by atoms with van der Waals surface area (Å²) in [6.45, 7) is 10.5. The molecule has 17 heavy (non-hydrogen) atoms. The van der Waals surface area contributed by atoms with Gasteiger partial charge in [-0.05, 0) is 52.3 Å². The molecule has 0 radical (unpaired) electrons. The fourth-order valence-corrected chi connectivity index (χ4v) is 2.08. The van der Waals surface area contributed by atoms with Gasteiger partial charge in [0.15, 0.2) is 0 Å². The van der Waals surface area contributed by atoms with E-state index in [0.29, 0.717) is 17.2 Å². The van der Waals surface area contributed by atoms with Gasteiger partial charge in [0.05, 0.1) is 6.10 Å². The van der Waals surface area contributed by atoms with E-state index < -0.39 is 6.10 Å². The SMILES string of the molecule is CCN(c1cc(C)c(F)cc1[C@H](C)O)C(C)C. The molecule has 0 aliphatic heterocycles. The van der Waals surface area contributed by atoms with Gasteiger partial charge in [-0.3, -0.25) is 0 Å². The molecule has 3 heteroatoms. The van der Waals surface area contributed by atoms with E-state index in [4.69, 9.17) is 0 Å². The van der Waals surface area contributed by atoms with Crippen molar-refractivity contribution in [2.24, 2.45) is 0 Å². The van der Waals surface area contributed by atoms with Crippen LogP contribution in [0, 0.1) is 12.7 Å². The van der Waals surface area contributed by atoms with Crippen molar-refractivity contribution in [1.82, 2.24) is 0 Å². The van der Waals surface area contributed by atoms with Crippen molar-refractivity contribution in [2.45, 2.75) is 46.8 Å². The molecule has 1 atom stereocenters. The van der Waals surface area contributed by atoms with E-state index >= 15 is 0 Å². The zero-order valence-corrected chi connectivity index (χ0v) is 11.3. The summed E-state index contributed by atoms with van der Waals surface area (Å²) in [5.41, 5.74) is 2.20. The summed E-state index contributed by atoms with van der Waals surface area (Å²) in [6.07, 6.45) is -0.659. The molecule has 1 aromatic rings. The van der Waals surface area contributed by atoms with Gasteiger partial charge in [-0.1, -0.05) is 0 Å². The second kappa shape index (κ2) is 5.50. The van der Waals surface area contributed by atoms with Crippen molar-refractivity contribution in [3.8, 4) is 0 Å². The van der Waals surface area contributed by atoms with Gasteiger partial charge in [-0.2, -0.15) is 0 Å². The average molecular weight is 239 g/mol. The Morgan fingerprint density at radius 2 is 1.88 bits per heavy atom. The van der Waals surface area contributed by atoms with Gasteiger partial charge in [-0.25, -0.2) is 4.39 Å². The van der Waals surface area contributed by atoms with Gasteiger partial charge >= 0.3 is 0 Å². The van der Waals surface area contributed by atoms with E-state index in [1.165, 1.54) is 6.07 Å². The number of hydrogen-bond donors (Lipinski definition) is 1. The van der Waals surface area contributed by atoms with Crippen LogP contribution < -0.4 is 4.90 Å². The van der Waals surface area contributed by atoms with Crippen LogP contribution in [-0.4, -0.2) is 17.7 Å². The summed E-state index contributed by atoms with van der Waals surface area (Å²) < 4.78 is 13.6. The number of hydrogen-bond acceptors (Lipinski definition) is 2. The molecule has 0 heterocycles. The number of rotatable bonds is 4. The van der Waals surface area contributed by atoms with Gasteiger partial charge < -0.3 is 10.0 Å². The molecular weight excluding hydrogens is 217 g/mol. The van der Waals surface area contributed by atoms with Crippen LogP contribution in [0.15, 0.2) is 12.1 Å². The molecule has 2 nitrogen and oxygen atoms in total. The maximum Gasteiger partial charge on any atom is 0.126 e. The minimum absolute atomic E-state index is 0.260. The van der Waals surface area contributed by atoms with Crippen LogP contribution in [0.1, 0.15) is 44.9 Å². The molecule has 0 unspecified atom stereocenters. The molecule has 0 amide bonds. The Kier molecular flexibility index (Phi) is 4.52. The lowest BCUT2D eigenvalue weighted by Crippen LogP contribution is -2.31. The lowest BCUT2D eigenvalue weighted by molar-refractivity contribution is 0.199. The Balaban J connectivity index is 3.33. The van der Waals surface area contributed by atoms with Crippen LogP contribution in [0.4, 0.5) is 10.1 Å². The zero-order valence-electron chi connectivity index (χ0n) is 11.3. The van der Waals surface area contributed by atoms with E-state index in [1.54, 1.807) is 13.8 Å². The molecule has 0 bridgehead atoms. The highest BCUT2D eigenvalue weighted by Crippen LogP contribution is 2.30. The third-order valence-electron chi connectivity index (χ3n) is 3.03. The molecule has 0 spiro atoms. The third kappa shape index (κ3) is 2.97. The molecule has 0 aliphatic rings. The van der Waals surface area contributed by atoms with E-state index in [-0.39, 0.29) is 5.82 Å². The van der Waals surface area contributed by atoms with Gasteiger partial charge in [0.25, 0.3) is 0 Å². The summed E-state index contributed by atoms with van der Waals surface area (Å²) in [7, 11) is 0. The van der Waals surface area contributed by atoms with Crippen molar-refractivity contribution in [3.05, 3.63) is 29.1 Å². The first-order chi connectivity index (χ1) is 7.88. The fraction of sp³-hybridized carbons (Fsp3) is 0.571. The van der Waals surface area contributed by atoms with Gasteiger partial charge in [0, 0.05) is 23.8 Å². The lowest BCUT2D eigenvalue weighted by atomic mass is 10.0. The number of anilines is 1. The molecule has 0 aromatic heterocycles. The highest BCUT2D eigenvalue weighted by molar-refractivity contribution is 5.57. The number of benzene rings is 1. The van der Waals surface area contributed by atoms with Gasteiger partial charge in [0.2, 0.25) is 0 Å². The molecule has 0 saturated carbocycles. The molecular formula is C14H22FNO. The van der Waals surface area contributed by atoms with Gasteiger partial charge in [-0.15, -0.1) is 0 Å². The highest BCUT2D eigenvalue weighted by atomic mass is 19.1. The highest BCUT2D eigenvalue weighted by Gasteiger charge is 2.17. The molecule has 0 fully saturated rings. The molecule has 96 valence electrons. The van der Waals surface area contributed by atoms with Crippen molar-refractivity contribution in [3.63, 3.8) is 0 Å². The average Bonchev–Trinajstić information content (AvgIpc) is 2.22. The van der Waals surface area contributed by atoms with Crippen molar-refractivity contribution in [1.29, 1.82) is 0 Å². The molecule has 0 saturated heterocycles. The molecule has 1 rings (SSSR count). The van der Waals surface area contributed by atoms with Crippen molar-refractivity contribution in [2.75, 3.05) is 11.4 Å². The normalized spacial score (nSPS) is 12.9. The maximum absolute atomic E-state index is 13.6. The lowest BCUT2D eigenvalue weighted by Gasteiger charge is -2.31. The fourth-order valence-electron chi connectivity index (χ4n) is 2.08. The van der Waals surface area contributed by atoms with Gasteiger partial charge in [0.1, 0.15) is 5.82 Å². The third-order valence-corrected chi connectivity index (χ3v) is 3.03. The van der Waals surface area contributed by atoms with Crippen LogP contribution >= 0.6 is 0 Å². The first-order valence-electron chi connectivity index (χ1n) is 6.13. The summed E-state index contributed by atoms with van der Waals surface area (Å²) >= 11 is 0. The number of aliphatic hydroxyl groups is 1. The van der Waals surface area contributed by atoms with Crippen LogP contribution in [0.2, 0.25) is 0 Å². The first kappa shape index (κ1) is 14.0. The molecule has 1 N–H and O–H groups in total. The predicted molar refractivity (Wildman–Crippen MR) is 69.9 cm³/mol. The summed E-state index contributed by atoms with van der Waals surface area (Å²) in [6, 6.07) is 3.59. The van der Waals surface area contributed by atoms with Crippen molar-refractivity contribution >= 4 is 5.69 Å². The Morgan fingerprint density at radius 1 is 1.29 bits per heavy atom. The van der Waals surface area contributed by atoms with Crippen LogP contribution in [-0.2, 0) is 0 Å². The summed E-state index contributed by atoms with van der Waals surface area (Å²) in [5.74, 6) is -0.260. The van der Waals surface area contributed by atoms with E-state index in [0.717, 1.165) is 12.2 Å². The molecule has 1 aromatic carbocycles. The Labute approximate surface area is 103 Å². The van der Waals surface area contributed by atoms with E-state index in [2.05, 4.69) is 25.7 Å². The first-order valence-corrected chi connectivity index (χ1v) is 6.13. The second-order valence-electron chi connectivity index (χ2n) is 4.72. The minimum Gasteiger partial charge on any atom is -0.389 e. The van der Waals surface area contributed by atoms with Crippen LogP contribution in [0.3, 0.4) is 0 Å². The topological polar surface area (TPSA) is 23.5 Å². The number of halogens is 1. The largest absolute Gasteiger partial charge is 0.389 e. The quantitative estimate of drug-likeness (QED) is 0.870. The molecule has 0 aliphatic carbocycles. The zero-order chi connectivity index (χ0) is 13.2.